The number of anilines is 1. The van der Waals surface area contributed by atoms with Gasteiger partial charge in [-0.2, -0.15) is 0 Å². The summed E-state index contributed by atoms with van der Waals surface area (Å²) in [7, 11) is -4.51. The third-order valence-electron chi connectivity index (χ3n) is 7.34. The van der Waals surface area contributed by atoms with Gasteiger partial charge in [0.2, 0.25) is 0 Å². The number of nitriles is 1. The normalized spacial score (nSPS) is 24.7. The van der Waals surface area contributed by atoms with Crippen molar-refractivity contribution in [1.82, 2.24) is 24.8 Å². The number of fused-ring (bicyclic) bond motifs is 1. The Hall–Kier alpha value is -3.49. The molecule has 0 unspecified atom stereocenters. The number of aliphatic hydroxyl groups is 1. The van der Waals surface area contributed by atoms with Crippen molar-refractivity contribution in [3.63, 3.8) is 0 Å². The molecule has 2 aromatic rings. The summed E-state index contributed by atoms with van der Waals surface area (Å²) in [6, 6.07) is 2.80. The first-order valence-electron chi connectivity index (χ1n) is 15.2. The van der Waals surface area contributed by atoms with Gasteiger partial charge in [0.25, 0.3) is 0 Å². The van der Waals surface area contributed by atoms with Crippen molar-refractivity contribution in [2.45, 2.75) is 110 Å². The molecule has 6 atom stereocenters. The molecule has 6 N–H and O–H groups in total. The Morgan fingerprint density at radius 3 is 2.11 bits per heavy atom. The van der Waals surface area contributed by atoms with Gasteiger partial charge in [-0.05, 0) is 0 Å². The van der Waals surface area contributed by atoms with Crippen molar-refractivity contribution < 1.29 is 47.9 Å². The number of ether oxygens (including phenoxy) is 4. The van der Waals surface area contributed by atoms with Crippen LogP contribution < -0.4 is 15.9 Å². The maximum atomic E-state index is 12.9. The van der Waals surface area contributed by atoms with E-state index in [-0.39, 0.29) is 11.5 Å². The van der Waals surface area contributed by atoms with Crippen LogP contribution in [0.1, 0.15) is 68.0 Å². The van der Waals surface area contributed by atoms with Crippen LogP contribution in [0.25, 0.3) is 5.52 Å². The zero-order valence-corrected chi connectivity index (χ0v) is 29.0. The molecule has 0 aliphatic carbocycles. The third-order valence-corrected chi connectivity index (χ3v) is 9.57. The second kappa shape index (κ2) is 14.7. The van der Waals surface area contributed by atoms with Gasteiger partial charge in [0.15, 0.2) is 0 Å². The summed E-state index contributed by atoms with van der Waals surface area (Å²) in [5.74, 6) is -2.64. The van der Waals surface area contributed by atoms with E-state index in [0.29, 0.717) is 5.52 Å². The fraction of sp³-hybridized carbons (Fsp3) is 0.655. The van der Waals surface area contributed by atoms with Crippen LogP contribution >= 0.6 is 8.02 Å². The third kappa shape index (κ3) is 8.15. The minimum atomic E-state index is -4.51. The Morgan fingerprint density at radius 1 is 1.06 bits per heavy atom. The number of nitrogens with zero attached hydrogens (tertiary/aromatic N) is 4. The van der Waals surface area contributed by atoms with Gasteiger partial charge >= 0.3 is 274 Å². The number of nitrogen functional groups attached to an aromatic ring is 1. The molecule has 0 amide bonds. The molecule has 47 heavy (non-hydrogen) atoms. The average Bonchev–Trinajstić information content (AvgIpc) is 3.49. The van der Waals surface area contributed by atoms with Crippen LogP contribution in [0.3, 0.4) is 0 Å². The second-order valence-corrected chi connectivity index (χ2v) is 14.6. The second-order valence-electron chi connectivity index (χ2n) is 12.4. The summed E-state index contributed by atoms with van der Waals surface area (Å²) in [4.78, 5) is 53.9. The Labute approximate surface area is 273 Å². The molecule has 262 valence electrons. The number of nitrogens with two attached hydrogens (primary N) is 1. The SMILES string of the molecule is CC(C)OC(=O)[C@@H](C)N[PH](O)(N[C@H](C)C(=O)OC(C)C)OC[C@H]1O[C@@](C#N)(c2ccc3c(N)ncnn23)[C@](C)(O)[C@@H]1OC(=O)C(C)C. The first-order valence-corrected chi connectivity index (χ1v) is 17.1. The van der Waals surface area contributed by atoms with Gasteiger partial charge < -0.3 is 0 Å². The van der Waals surface area contributed by atoms with Gasteiger partial charge in [0.05, 0.1) is 0 Å². The molecule has 0 saturated carbocycles. The van der Waals surface area contributed by atoms with Gasteiger partial charge in [-0.1, -0.05) is 0 Å². The number of nitrogens with one attached hydrogen (secondary N) is 2. The van der Waals surface area contributed by atoms with Crippen molar-refractivity contribution >= 4 is 37.3 Å². The van der Waals surface area contributed by atoms with Gasteiger partial charge in [-0.3, -0.25) is 0 Å². The monoisotopic (exact) mass is 683 g/mol. The zero-order valence-electron chi connectivity index (χ0n) is 28.0. The minimum absolute atomic E-state index is 0.0565. The Kier molecular flexibility index (Phi) is 11.9. The molecule has 0 radical (unpaired) electrons. The summed E-state index contributed by atoms with van der Waals surface area (Å²) in [5.41, 5.74) is 1.94. The maximum absolute atomic E-state index is 12.9. The molecular formula is C29H46N7O10P. The van der Waals surface area contributed by atoms with E-state index in [1.807, 2.05) is 6.07 Å². The summed E-state index contributed by atoms with van der Waals surface area (Å²) in [6.45, 7) is 13.3. The summed E-state index contributed by atoms with van der Waals surface area (Å²) in [5, 5.41) is 32.2. The van der Waals surface area contributed by atoms with Crippen molar-refractivity contribution in [1.29, 1.82) is 5.26 Å². The molecule has 17 nitrogen and oxygen atoms in total. The molecule has 1 aliphatic heterocycles. The van der Waals surface area contributed by atoms with Gasteiger partial charge in [0.1, 0.15) is 0 Å². The van der Waals surface area contributed by atoms with Crippen molar-refractivity contribution in [3.8, 4) is 6.07 Å². The van der Waals surface area contributed by atoms with Crippen LogP contribution in [-0.4, -0.2) is 91.2 Å². The van der Waals surface area contributed by atoms with Gasteiger partial charge in [-0.15, -0.1) is 0 Å². The number of esters is 3. The van der Waals surface area contributed by atoms with E-state index in [2.05, 4.69) is 20.3 Å². The van der Waals surface area contributed by atoms with E-state index >= 15 is 0 Å². The van der Waals surface area contributed by atoms with E-state index in [1.165, 1.54) is 37.4 Å². The van der Waals surface area contributed by atoms with Crippen LogP contribution in [-0.2, 0) is 43.5 Å². The molecule has 2 aromatic heterocycles. The molecule has 1 saturated heterocycles. The molecule has 0 aromatic carbocycles. The standard InChI is InChI=1S/C29H46N7O10P/c1-15(2)25(37)45-23-21(46-29(13-30,28(23,9)40)22-11-10-20-24(31)32-14-33-36(20)22)12-42-47(41,34-18(7)26(38)43-16(3)4)35-19(8)27(39)44-17(5)6/h10-11,14-19,21,23,34-35,40-41,47H,12H2,1-9H3,(H2,31,32,33)/t18-,19-,21-,23-,28-,29+/m1/s1. The number of carbonyl (C=O) groups excluding carboxylic acids is 3. The van der Waals surface area contributed by atoms with Crippen LogP contribution in [0, 0.1) is 17.2 Å². The molecule has 0 bridgehead atoms. The summed E-state index contributed by atoms with van der Waals surface area (Å²) in [6.07, 6.45) is -2.64. The molecule has 3 heterocycles. The number of rotatable bonds is 14. The predicted molar refractivity (Wildman–Crippen MR) is 169 cm³/mol. The molecule has 18 heteroatoms. The van der Waals surface area contributed by atoms with Crippen LogP contribution in [0.5, 0.6) is 0 Å². The molecule has 0 spiro atoms. The fourth-order valence-electron chi connectivity index (χ4n) is 4.98. The van der Waals surface area contributed by atoms with E-state index < -0.39 is 86.2 Å². The van der Waals surface area contributed by atoms with E-state index in [1.54, 1.807) is 41.5 Å². The first-order chi connectivity index (χ1) is 21.8. The fourth-order valence-corrected chi connectivity index (χ4v) is 7.05. The summed E-state index contributed by atoms with van der Waals surface area (Å²) < 4.78 is 29.7. The predicted octanol–water partition coefficient (Wildman–Crippen LogP) is 1.03. The summed E-state index contributed by atoms with van der Waals surface area (Å²) >= 11 is 0. The van der Waals surface area contributed by atoms with Crippen molar-refractivity contribution in [2.24, 2.45) is 5.92 Å². The number of hydrogen-bond acceptors (Lipinski definition) is 16. The zero-order chi connectivity index (χ0) is 35.5. The molecule has 3 rings (SSSR count). The Morgan fingerprint density at radius 2 is 1.62 bits per heavy atom. The molecular weight excluding hydrogens is 637 g/mol. The molecule has 1 fully saturated rings. The van der Waals surface area contributed by atoms with Gasteiger partial charge in [-0.25, -0.2) is 0 Å². The van der Waals surface area contributed by atoms with Crippen LogP contribution in [0.15, 0.2) is 18.5 Å². The van der Waals surface area contributed by atoms with Gasteiger partial charge in [0, 0.05) is 0 Å². The number of hydrogen-bond donors (Lipinski definition) is 5. The van der Waals surface area contributed by atoms with Crippen LogP contribution in [0.2, 0.25) is 0 Å². The quantitative estimate of drug-likeness (QED) is 0.106. The van der Waals surface area contributed by atoms with Crippen molar-refractivity contribution in [2.75, 3.05) is 12.3 Å². The first kappa shape index (κ1) is 38.0. The van der Waals surface area contributed by atoms with E-state index in [9.17, 15) is 29.6 Å². The Balaban J connectivity index is 2.04. The van der Waals surface area contributed by atoms with Crippen molar-refractivity contribution in [3.05, 3.63) is 24.2 Å². The van der Waals surface area contributed by atoms with E-state index in [4.69, 9.17) is 29.2 Å². The topological polar surface area (TPSA) is 242 Å². The number of carbonyl (C=O) groups is 3. The van der Waals surface area contributed by atoms with Crippen LogP contribution in [0.4, 0.5) is 5.82 Å². The van der Waals surface area contributed by atoms with E-state index in [0.717, 1.165) is 6.33 Å². The number of aromatic nitrogens is 3. The molecule has 1 aliphatic rings. The Bertz CT molecular complexity index is 1460. The average molecular weight is 684 g/mol.